The maximum absolute atomic E-state index is 13.7. The highest BCUT2D eigenvalue weighted by Gasteiger charge is 2.46. The van der Waals surface area contributed by atoms with Crippen LogP contribution in [0.25, 0.3) is 0 Å². The van der Waals surface area contributed by atoms with Gasteiger partial charge >= 0.3 is 6.18 Å². The Morgan fingerprint density at radius 2 is 2.13 bits per heavy atom. The molecule has 0 aromatic carbocycles. The predicted octanol–water partition coefficient (Wildman–Crippen LogP) is 2.54. The van der Waals surface area contributed by atoms with E-state index in [1.807, 2.05) is 5.32 Å². The first-order chi connectivity index (χ1) is 14.5. The van der Waals surface area contributed by atoms with Crippen LogP contribution in [0, 0.1) is 6.92 Å². The van der Waals surface area contributed by atoms with Gasteiger partial charge in [-0.2, -0.15) is 13.2 Å². The number of aromatic nitrogens is 1. The van der Waals surface area contributed by atoms with Crippen LogP contribution in [-0.2, 0) is 16.0 Å². The van der Waals surface area contributed by atoms with E-state index in [9.17, 15) is 27.9 Å². The molecule has 0 bridgehead atoms. The zero-order valence-electron chi connectivity index (χ0n) is 16.5. The molecule has 1 aromatic heterocycles. The highest BCUT2D eigenvalue weighted by molar-refractivity contribution is 6.31. The molecule has 11 heteroatoms. The van der Waals surface area contributed by atoms with Crippen molar-refractivity contribution in [1.82, 2.24) is 15.4 Å². The van der Waals surface area contributed by atoms with Crippen LogP contribution in [0.15, 0.2) is 45.5 Å². The van der Waals surface area contributed by atoms with Crippen LogP contribution >= 0.6 is 11.6 Å². The summed E-state index contributed by atoms with van der Waals surface area (Å²) in [5.41, 5.74) is 0.396. The lowest BCUT2D eigenvalue weighted by Gasteiger charge is -2.28. The van der Waals surface area contributed by atoms with Crippen molar-refractivity contribution in [2.24, 2.45) is 0 Å². The molecule has 1 aliphatic heterocycles. The van der Waals surface area contributed by atoms with Crippen molar-refractivity contribution in [3.05, 3.63) is 52.4 Å². The summed E-state index contributed by atoms with van der Waals surface area (Å²) in [5, 5.41) is 15.9. The Morgan fingerprint density at radius 3 is 2.77 bits per heavy atom. The Kier molecular flexibility index (Phi) is 6.90. The van der Waals surface area contributed by atoms with Crippen molar-refractivity contribution >= 4 is 23.4 Å². The molecular weight excluding hydrogens is 439 g/mol. The van der Waals surface area contributed by atoms with E-state index in [-0.39, 0.29) is 42.2 Å². The SMILES string of the molecule is Cc1cc(CC(=O)N2C[C@H](O)C[C@H]2C(=O)NC(C2=CCC=C(Cl)C=C2)C(F)(F)F)on1. The smallest absolute Gasteiger partial charge is 0.391 e. The molecule has 1 unspecified atom stereocenters. The Labute approximate surface area is 181 Å². The average molecular weight is 460 g/mol. The lowest BCUT2D eigenvalue weighted by molar-refractivity contribution is -0.156. The highest BCUT2D eigenvalue weighted by atomic mass is 35.5. The maximum Gasteiger partial charge on any atom is 0.412 e. The zero-order chi connectivity index (χ0) is 22.8. The van der Waals surface area contributed by atoms with Crippen molar-refractivity contribution in [3.63, 3.8) is 0 Å². The summed E-state index contributed by atoms with van der Waals surface area (Å²) in [4.78, 5) is 26.5. The Hall–Kier alpha value is -2.59. The summed E-state index contributed by atoms with van der Waals surface area (Å²) in [6, 6.07) is -1.98. The lowest BCUT2D eigenvalue weighted by Crippen LogP contribution is -2.53. The van der Waals surface area contributed by atoms with Crippen molar-refractivity contribution in [2.75, 3.05) is 6.54 Å². The molecule has 2 N–H and O–H groups in total. The van der Waals surface area contributed by atoms with Gasteiger partial charge in [-0.3, -0.25) is 9.59 Å². The first kappa shape index (κ1) is 23.1. The Bertz CT molecular complexity index is 938. The number of carbonyl (C=O) groups is 2. The molecule has 3 atom stereocenters. The third-order valence-electron chi connectivity index (χ3n) is 4.95. The molecule has 1 aromatic rings. The quantitative estimate of drug-likeness (QED) is 0.705. The topological polar surface area (TPSA) is 95.7 Å². The largest absolute Gasteiger partial charge is 0.412 e. The fourth-order valence-electron chi connectivity index (χ4n) is 3.51. The van der Waals surface area contributed by atoms with E-state index in [2.05, 4.69) is 5.16 Å². The van der Waals surface area contributed by atoms with E-state index in [1.165, 1.54) is 18.2 Å². The van der Waals surface area contributed by atoms with Crippen molar-refractivity contribution in [1.29, 1.82) is 0 Å². The molecule has 168 valence electrons. The molecule has 31 heavy (non-hydrogen) atoms. The zero-order valence-corrected chi connectivity index (χ0v) is 17.3. The number of aryl methyl sites for hydroxylation is 1. The number of β-amino-alcohol motifs (C(OH)–C–C–N with tert-alkyl or cyclic N) is 1. The monoisotopic (exact) mass is 459 g/mol. The van der Waals surface area contributed by atoms with Gasteiger partial charge in [0.2, 0.25) is 11.8 Å². The van der Waals surface area contributed by atoms with Crippen molar-refractivity contribution < 1.29 is 32.4 Å². The number of nitrogens with zero attached hydrogens (tertiary/aromatic N) is 2. The van der Waals surface area contributed by atoms with E-state index < -0.39 is 36.2 Å². The van der Waals surface area contributed by atoms with Gasteiger partial charge < -0.3 is 19.8 Å². The van der Waals surface area contributed by atoms with Gasteiger partial charge in [-0.1, -0.05) is 35.0 Å². The van der Waals surface area contributed by atoms with E-state index in [4.69, 9.17) is 16.1 Å². The maximum atomic E-state index is 13.7. The van der Waals surface area contributed by atoms with Crippen molar-refractivity contribution in [2.45, 2.75) is 50.6 Å². The molecule has 7 nitrogen and oxygen atoms in total. The molecule has 2 amide bonds. The number of nitrogens with one attached hydrogen (secondary N) is 1. The van der Waals surface area contributed by atoms with Crippen LogP contribution in [0.2, 0.25) is 0 Å². The van der Waals surface area contributed by atoms with Crippen LogP contribution in [0.5, 0.6) is 0 Å². The Balaban J connectivity index is 1.76. The number of allylic oxidation sites excluding steroid dienone is 4. The molecule has 0 saturated carbocycles. The molecule has 1 aliphatic carbocycles. The number of amides is 2. The number of carbonyl (C=O) groups excluding carboxylic acids is 2. The summed E-state index contributed by atoms with van der Waals surface area (Å²) in [6.07, 6.45) is -0.636. The van der Waals surface area contributed by atoms with Crippen LogP contribution in [0.4, 0.5) is 13.2 Å². The molecule has 1 saturated heterocycles. The first-order valence-electron chi connectivity index (χ1n) is 9.55. The number of alkyl halides is 3. The fraction of sp³-hybridized carbons (Fsp3) is 0.450. The van der Waals surface area contributed by atoms with E-state index >= 15 is 0 Å². The number of likely N-dealkylation sites (tertiary alicyclic amines) is 1. The second kappa shape index (κ2) is 9.27. The van der Waals surface area contributed by atoms with Gasteiger partial charge in [0.15, 0.2) is 6.04 Å². The van der Waals surface area contributed by atoms with Gasteiger partial charge in [-0.25, -0.2) is 0 Å². The number of hydrogen-bond acceptors (Lipinski definition) is 5. The molecule has 2 aliphatic rings. The lowest BCUT2D eigenvalue weighted by atomic mass is 10.0. The van der Waals surface area contributed by atoms with E-state index in [1.54, 1.807) is 19.1 Å². The highest BCUT2D eigenvalue weighted by Crippen LogP contribution is 2.29. The Morgan fingerprint density at radius 1 is 1.39 bits per heavy atom. The second-order valence-corrected chi connectivity index (χ2v) is 7.84. The number of aliphatic hydroxyl groups excluding tert-OH is 1. The van der Waals surface area contributed by atoms with Crippen LogP contribution in [0.1, 0.15) is 24.3 Å². The minimum absolute atomic E-state index is 0.164. The minimum Gasteiger partial charge on any atom is -0.391 e. The summed E-state index contributed by atoms with van der Waals surface area (Å²) >= 11 is 5.84. The van der Waals surface area contributed by atoms with E-state index in [0.717, 1.165) is 4.90 Å². The number of rotatable bonds is 5. The number of hydrogen-bond donors (Lipinski definition) is 2. The minimum atomic E-state index is -4.77. The standard InChI is InChI=1S/C20H21ClF3N3O4/c1-11-7-15(31-26-11)9-17(29)27-10-14(28)8-16(27)19(30)25-18(20(22,23)24)12-3-2-4-13(21)6-5-12/h3-7,14,16,18,28H,2,8-10H2,1H3,(H,25,30)/t14-,16+,18?/m1/s1. The van der Waals surface area contributed by atoms with Crippen LogP contribution in [0.3, 0.4) is 0 Å². The third kappa shape index (κ3) is 5.76. The first-order valence-corrected chi connectivity index (χ1v) is 9.93. The summed E-state index contributed by atoms with van der Waals surface area (Å²) in [7, 11) is 0. The number of halogens is 4. The van der Waals surface area contributed by atoms with Crippen LogP contribution in [-0.4, -0.2) is 57.9 Å². The third-order valence-corrected chi connectivity index (χ3v) is 5.23. The van der Waals surface area contributed by atoms with Gasteiger partial charge in [-0.15, -0.1) is 0 Å². The van der Waals surface area contributed by atoms with Gasteiger partial charge in [-0.05, 0) is 25.0 Å². The molecule has 1 fully saturated rings. The molecule has 0 spiro atoms. The van der Waals surface area contributed by atoms with Gasteiger partial charge in [0, 0.05) is 24.1 Å². The summed E-state index contributed by atoms with van der Waals surface area (Å²) < 4.78 is 46.1. The molecule has 0 radical (unpaired) electrons. The summed E-state index contributed by atoms with van der Waals surface area (Å²) in [5.74, 6) is -1.30. The summed E-state index contributed by atoms with van der Waals surface area (Å²) in [6.45, 7) is 1.51. The van der Waals surface area contributed by atoms with Gasteiger partial charge in [0.25, 0.3) is 0 Å². The normalized spacial score (nSPS) is 22.6. The van der Waals surface area contributed by atoms with Gasteiger partial charge in [0.05, 0.1) is 18.2 Å². The molecule has 2 heterocycles. The second-order valence-electron chi connectivity index (χ2n) is 7.41. The molecular formula is C20H21ClF3N3O4. The molecule has 3 rings (SSSR count). The van der Waals surface area contributed by atoms with Crippen LogP contribution < -0.4 is 5.32 Å². The fourth-order valence-corrected chi connectivity index (χ4v) is 3.67. The predicted molar refractivity (Wildman–Crippen MR) is 105 cm³/mol. The van der Waals surface area contributed by atoms with E-state index in [0.29, 0.717) is 5.69 Å². The van der Waals surface area contributed by atoms with Gasteiger partial charge in [0.1, 0.15) is 11.8 Å². The number of aliphatic hydroxyl groups is 1. The average Bonchev–Trinajstić information content (AvgIpc) is 3.20. The van der Waals surface area contributed by atoms with Crippen molar-refractivity contribution in [3.8, 4) is 0 Å².